The highest BCUT2D eigenvalue weighted by molar-refractivity contribution is 7.15. The summed E-state index contributed by atoms with van der Waals surface area (Å²) in [6, 6.07) is 17.3. The minimum Gasteiger partial charge on any atom is -0.327 e. The van der Waals surface area contributed by atoms with E-state index < -0.39 is 0 Å². The molecule has 0 radical (unpaired) electrons. The van der Waals surface area contributed by atoms with Crippen LogP contribution in [0, 0.1) is 0 Å². The maximum Gasteiger partial charge on any atom is 0.346 e. The van der Waals surface area contributed by atoms with Crippen LogP contribution in [-0.4, -0.2) is 25.5 Å². The van der Waals surface area contributed by atoms with Crippen molar-refractivity contribution in [2.45, 2.75) is 19.6 Å². The number of nitrogens with two attached hydrogens (primary N) is 1. The summed E-state index contributed by atoms with van der Waals surface area (Å²) in [6.45, 7) is 0.840. The quantitative estimate of drug-likeness (QED) is 0.446. The molecule has 0 atom stereocenters. The standard InChI is InChI=1S/C23H22FN5O2S/c24-11-18(12-25)14-29-23(31)28(16-26-29)15-19-8-9-21(32-19)20-7-4-10-27(22(20)30)13-17-5-2-1-3-6-17/h1-11,16H,12-15,25H2/b18-11+. The van der Waals surface area contributed by atoms with Crippen LogP contribution >= 0.6 is 11.3 Å². The van der Waals surface area contributed by atoms with Gasteiger partial charge < -0.3 is 10.3 Å². The van der Waals surface area contributed by atoms with Crippen molar-refractivity contribution in [1.29, 1.82) is 0 Å². The third-order valence-electron chi connectivity index (χ3n) is 5.04. The number of thiophene rings is 1. The lowest BCUT2D eigenvalue weighted by atomic mass is 10.2. The molecule has 7 nitrogen and oxygen atoms in total. The fourth-order valence-electron chi connectivity index (χ4n) is 3.33. The molecule has 0 amide bonds. The summed E-state index contributed by atoms with van der Waals surface area (Å²) in [5.41, 5.74) is 6.98. The van der Waals surface area contributed by atoms with E-state index in [1.54, 1.807) is 16.8 Å². The highest BCUT2D eigenvalue weighted by atomic mass is 32.1. The van der Waals surface area contributed by atoms with Crippen LogP contribution in [0.1, 0.15) is 10.4 Å². The van der Waals surface area contributed by atoms with Crippen molar-refractivity contribution in [1.82, 2.24) is 18.9 Å². The monoisotopic (exact) mass is 451 g/mol. The van der Waals surface area contributed by atoms with E-state index in [4.69, 9.17) is 5.73 Å². The van der Waals surface area contributed by atoms with Gasteiger partial charge in [0.15, 0.2) is 0 Å². The Morgan fingerprint density at radius 1 is 1.03 bits per heavy atom. The van der Waals surface area contributed by atoms with Gasteiger partial charge >= 0.3 is 5.69 Å². The minimum absolute atomic E-state index is 0.0134. The van der Waals surface area contributed by atoms with Crippen molar-refractivity contribution in [2.24, 2.45) is 5.73 Å². The van der Waals surface area contributed by atoms with Crippen LogP contribution in [0.3, 0.4) is 0 Å². The number of hydrogen-bond acceptors (Lipinski definition) is 5. The van der Waals surface area contributed by atoms with Gasteiger partial charge in [0, 0.05) is 22.5 Å². The fraction of sp³-hybridized carbons (Fsp3) is 0.174. The molecule has 164 valence electrons. The molecule has 0 aliphatic carbocycles. The van der Waals surface area contributed by atoms with Crippen molar-refractivity contribution >= 4 is 11.3 Å². The van der Waals surface area contributed by atoms with E-state index in [9.17, 15) is 14.0 Å². The van der Waals surface area contributed by atoms with Crippen LogP contribution in [0.15, 0.2) is 88.6 Å². The van der Waals surface area contributed by atoms with Crippen LogP contribution in [0.4, 0.5) is 4.39 Å². The lowest BCUT2D eigenvalue weighted by molar-refractivity contribution is 0.604. The minimum atomic E-state index is -0.349. The summed E-state index contributed by atoms with van der Waals surface area (Å²) < 4.78 is 17.1. The molecule has 1 aromatic carbocycles. The molecule has 0 fully saturated rings. The molecule has 0 spiro atoms. The maximum absolute atomic E-state index is 13.0. The molecule has 4 aromatic rings. The summed E-state index contributed by atoms with van der Waals surface area (Å²) >= 11 is 1.45. The number of pyridine rings is 1. The number of benzene rings is 1. The Hall–Kier alpha value is -3.56. The maximum atomic E-state index is 13.0. The molecule has 0 aliphatic rings. The van der Waals surface area contributed by atoms with E-state index >= 15 is 0 Å². The van der Waals surface area contributed by atoms with Crippen molar-refractivity contribution in [3.05, 3.63) is 110 Å². The normalized spacial score (nSPS) is 11.8. The van der Waals surface area contributed by atoms with Crippen LogP contribution in [0.25, 0.3) is 10.4 Å². The molecule has 0 bridgehead atoms. The molecule has 4 rings (SSSR count). The zero-order valence-electron chi connectivity index (χ0n) is 17.2. The van der Waals surface area contributed by atoms with Crippen LogP contribution in [0.5, 0.6) is 0 Å². The first-order valence-electron chi connectivity index (χ1n) is 10.0. The second kappa shape index (κ2) is 9.71. The van der Waals surface area contributed by atoms with Crippen LogP contribution in [0.2, 0.25) is 0 Å². The smallest absolute Gasteiger partial charge is 0.327 e. The largest absolute Gasteiger partial charge is 0.346 e. The van der Waals surface area contributed by atoms with E-state index in [1.807, 2.05) is 48.5 Å². The van der Waals surface area contributed by atoms with Crippen LogP contribution in [-0.2, 0) is 19.6 Å². The van der Waals surface area contributed by atoms with Crippen molar-refractivity contribution in [2.75, 3.05) is 6.54 Å². The molecule has 3 aromatic heterocycles. The summed E-state index contributed by atoms with van der Waals surface area (Å²) in [6.07, 6.45) is 3.60. The van der Waals surface area contributed by atoms with Gasteiger partial charge in [0.25, 0.3) is 5.56 Å². The Morgan fingerprint density at radius 2 is 1.84 bits per heavy atom. The Bertz CT molecular complexity index is 1350. The molecule has 32 heavy (non-hydrogen) atoms. The van der Waals surface area contributed by atoms with Gasteiger partial charge in [-0.1, -0.05) is 30.3 Å². The highest BCUT2D eigenvalue weighted by Crippen LogP contribution is 2.26. The lowest BCUT2D eigenvalue weighted by Crippen LogP contribution is -2.26. The Kier molecular flexibility index (Phi) is 6.58. The van der Waals surface area contributed by atoms with E-state index in [2.05, 4.69) is 5.10 Å². The topological polar surface area (TPSA) is 87.8 Å². The third kappa shape index (κ3) is 4.68. The zero-order chi connectivity index (χ0) is 22.5. The van der Waals surface area contributed by atoms with Crippen LogP contribution < -0.4 is 17.0 Å². The Morgan fingerprint density at radius 3 is 2.59 bits per heavy atom. The predicted octanol–water partition coefficient (Wildman–Crippen LogP) is 2.84. The third-order valence-corrected chi connectivity index (χ3v) is 6.14. The molecular weight excluding hydrogens is 429 g/mol. The predicted molar refractivity (Wildman–Crippen MR) is 123 cm³/mol. The van der Waals surface area contributed by atoms with Gasteiger partial charge in [0.2, 0.25) is 0 Å². The molecule has 2 N–H and O–H groups in total. The van der Waals surface area contributed by atoms with Gasteiger partial charge in [-0.25, -0.2) is 13.9 Å². The average Bonchev–Trinajstić information content (AvgIpc) is 3.41. The van der Waals surface area contributed by atoms with Gasteiger partial charge in [-0.2, -0.15) is 5.10 Å². The van der Waals surface area contributed by atoms with Gasteiger partial charge in [-0.3, -0.25) is 9.36 Å². The first-order valence-corrected chi connectivity index (χ1v) is 10.8. The summed E-state index contributed by atoms with van der Waals surface area (Å²) in [7, 11) is 0. The number of nitrogens with zero attached hydrogens (tertiary/aromatic N) is 4. The number of halogens is 1. The molecule has 0 unspecified atom stereocenters. The second-order valence-corrected chi connectivity index (χ2v) is 8.45. The molecule has 0 aliphatic heterocycles. The summed E-state index contributed by atoms with van der Waals surface area (Å²) in [5.74, 6) is 0. The summed E-state index contributed by atoms with van der Waals surface area (Å²) in [4.78, 5) is 27.3. The SMILES string of the molecule is NC/C(=C\F)Cn1ncn(Cc2ccc(-c3cccn(Cc4ccccc4)c3=O)s2)c1=O. The van der Waals surface area contributed by atoms with E-state index in [0.717, 1.165) is 15.3 Å². The first-order chi connectivity index (χ1) is 15.6. The Labute approximate surface area is 187 Å². The molecule has 0 saturated carbocycles. The van der Waals surface area contributed by atoms with Crippen molar-refractivity contribution in [3.63, 3.8) is 0 Å². The van der Waals surface area contributed by atoms with E-state index in [1.165, 1.54) is 26.9 Å². The lowest BCUT2D eigenvalue weighted by Gasteiger charge is -2.07. The number of hydrogen-bond donors (Lipinski definition) is 1. The van der Waals surface area contributed by atoms with Gasteiger partial charge in [-0.05, 0) is 35.4 Å². The average molecular weight is 452 g/mol. The van der Waals surface area contributed by atoms with E-state index in [-0.39, 0.29) is 29.9 Å². The first kappa shape index (κ1) is 21.7. The fourth-order valence-corrected chi connectivity index (χ4v) is 4.35. The van der Waals surface area contributed by atoms with Gasteiger partial charge in [0.05, 0.1) is 31.5 Å². The number of rotatable bonds is 8. The summed E-state index contributed by atoms with van der Waals surface area (Å²) in [5, 5.41) is 4.03. The highest BCUT2D eigenvalue weighted by Gasteiger charge is 2.12. The molecule has 9 heteroatoms. The molecule has 0 saturated heterocycles. The number of aromatic nitrogens is 4. The van der Waals surface area contributed by atoms with Gasteiger partial charge in [-0.15, -0.1) is 11.3 Å². The Balaban J connectivity index is 1.54. The van der Waals surface area contributed by atoms with E-state index in [0.29, 0.717) is 25.0 Å². The molecular formula is C23H22FN5O2S. The molecule has 3 heterocycles. The second-order valence-electron chi connectivity index (χ2n) is 7.28. The van der Waals surface area contributed by atoms with Crippen molar-refractivity contribution < 1.29 is 4.39 Å². The van der Waals surface area contributed by atoms with Crippen molar-refractivity contribution in [3.8, 4) is 10.4 Å². The van der Waals surface area contributed by atoms with Gasteiger partial charge in [0.1, 0.15) is 6.33 Å². The zero-order valence-corrected chi connectivity index (χ0v) is 18.0.